The fourth-order valence-electron chi connectivity index (χ4n) is 2.98. The van der Waals surface area contributed by atoms with Crippen LogP contribution in [0.15, 0.2) is 81.7 Å². The number of carbonyl (C=O) groups is 1. The van der Waals surface area contributed by atoms with Crippen LogP contribution in [-0.4, -0.2) is 38.2 Å². The molecule has 31 heavy (non-hydrogen) atoms. The zero-order chi connectivity index (χ0) is 21.6. The fourth-order valence-corrected chi connectivity index (χ4v) is 3.58. The van der Waals surface area contributed by atoms with Crippen LogP contribution in [-0.2, 0) is 11.3 Å². The van der Waals surface area contributed by atoms with Crippen LogP contribution in [0.4, 0.5) is 0 Å². The number of hydrogen-bond donors (Lipinski definition) is 1. The molecular weight excluding hydrogens is 414 g/mol. The second-order valence-corrected chi connectivity index (χ2v) is 7.52. The molecule has 0 unspecified atom stereocenters. The van der Waals surface area contributed by atoms with Crippen molar-refractivity contribution in [3.63, 3.8) is 0 Å². The maximum Gasteiger partial charge on any atom is 0.277 e. The summed E-state index contributed by atoms with van der Waals surface area (Å²) in [5, 5.41) is 16.7. The first-order chi connectivity index (χ1) is 15.2. The molecular formula is C22H19N5O3S. The monoisotopic (exact) mass is 433 g/mol. The Morgan fingerprint density at radius 1 is 1.10 bits per heavy atom. The molecule has 2 aromatic carbocycles. The number of rotatable bonds is 8. The van der Waals surface area contributed by atoms with Crippen molar-refractivity contribution in [1.82, 2.24) is 25.3 Å². The summed E-state index contributed by atoms with van der Waals surface area (Å²) in [5.74, 6) is 0.161. The Hall–Kier alpha value is -3.72. The van der Waals surface area contributed by atoms with Gasteiger partial charge in [-0.15, -0.1) is 16.8 Å². The van der Waals surface area contributed by atoms with Crippen molar-refractivity contribution >= 4 is 28.4 Å². The van der Waals surface area contributed by atoms with Gasteiger partial charge in [0, 0.05) is 11.9 Å². The molecule has 0 saturated carbocycles. The Bertz CT molecular complexity index is 1280. The highest BCUT2D eigenvalue weighted by Crippen LogP contribution is 2.26. The van der Waals surface area contributed by atoms with Crippen molar-refractivity contribution in [2.24, 2.45) is 0 Å². The molecule has 0 saturated heterocycles. The number of nitrogens with one attached hydrogen (secondary N) is 1. The van der Waals surface area contributed by atoms with Gasteiger partial charge < -0.3 is 9.73 Å². The lowest BCUT2D eigenvalue weighted by Gasteiger charge is -2.09. The molecule has 0 atom stereocenters. The van der Waals surface area contributed by atoms with Gasteiger partial charge in [0.2, 0.25) is 5.91 Å². The van der Waals surface area contributed by atoms with E-state index in [1.165, 1.54) is 4.68 Å². The number of fused-ring (bicyclic) bond motifs is 1. The van der Waals surface area contributed by atoms with Crippen LogP contribution < -0.4 is 10.9 Å². The van der Waals surface area contributed by atoms with Gasteiger partial charge in [-0.2, -0.15) is 5.10 Å². The first kappa shape index (κ1) is 20.5. The molecule has 0 aliphatic carbocycles. The third-order valence-corrected chi connectivity index (χ3v) is 5.24. The summed E-state index contributed by atoms with van der Waals surface area (Å²) in [6, 6.07) is 16.8. The lowest BCUT2D eigenvalue weighted by atomic mass is 10.1. The van der Waals surface area contributed by atoms with Crippen molar-refractivity contribution < 1.29 is 9.21 Å². The highest BCUT2D eigenvalue weighted by molar-refractivity contribution is 7.99. The minimum atomic E-state index is -0.198. The molecule has 0 radical (unpaired) electrons. The zero-order valence-corrected chi connectivity index (χ0v) is 17.3. The van der Waals surface area contributed by atoms with Gasteiger partial charge in [-0.05, 0) is 11.6 Å². The van der Waals surface area contributed by atoms with Crippen LogP contribution in [0.5, 0.6) is 0 Å². The molecule has 156 valence electrons. The van der Waals surface area contributed by atoms with Crippen molar-refractivity contribution in [3.05, 3.63) is 83.2 Å². The average Bonchev–Trinajstić information content (AvgIpc) is 3.28. The third-order valence-electron chi connectivity index (χ3n) is 4.42. The second kappa shape index (κ2) is 9.40. The van der Waals surface area contributed by atoms with Crippen LogP contribution in [0.1, 0.15) is 5.56 Å². The van der Waals surface area contributed by atoms with Gasteiger partial charge in [0.1, 0.15) is 0 Å². The van der Waals surface area contributed by atoms with Gasteiger partial charge in [0.25, 0.3) is 16.7 Å². The summed E-state index contributed by atoms with van der Waals surface area (Å²) >= 11 is 1.13. The Balaban J connectivity index is 1.66. The van der Waals surface area contributed by atoms with Crippen LogP contribution in [0.3, 0.4) is 0 Å². The lowest BCUT2D eigenvalue weighted by molar-refractivity contribution is -0.118. The molecule has 0 aliphatic heterocycles. The van der Waals surface area contributed by atoms with E-state index in [0.717, 1.165) is 17.3 Å². The van der Waals surface area contributed by atoms with Crippen LogP contribution in [0, 0.1) is 0 Å². The molecule has 0 aliphatic rings. The van der Waals surface area contributed by atoms with Gasteiger partial charge in [0.15, 0.2) is 5.69 Å². The molecule has 1 amide bonds. The molecule has 8 nitrogen and oxygen atoms in total. The van der Waals surface area contributed by atoms with E-state index >= 15 is 0 Å². The molecule has 1 N–H and O–H groups in total. The quantitative estimate of drug-likeness (QED) is 0.337. The van der Waals surface area contributed by atoms with E-state index < -0.39 is 0 Å². The SMILES string of the molecule is C=CCNC(=O)CSc1nnc(-c2nn(Cc3ccccc3)c(=O)c3ccccc23)o1. The van der Waals surface area contributed by atoms with Crippen LogP contribution in [0.25, 0.3) is 22.4 Å². The third kappa shape index (κ3) is 4.72. The number of thioether (sulfide) groups is 1. The summed E-state index contributed by atoms with van der Waals surface area (Å²) in [4.78, 5) is 24.7. The average molecular weight is 433 g/mol. The van der Waals surface area contributed by atoms with Gasteiger partial charge in [0.05, 0.1) is 17.7 Å². The van der Waals surface area contributed by atoms with E-state index in [2.05, 4.69) is 27.2 Å². The van der Waals surface area contributed by atoms with Gasteiger partial charge in [-0.3, -0.25) is 9.59 Å². The summed E-state index contributed by atoms with van der Waals surface area (Å²) < 4.78 is 7.14. The second-order valence-electron chi connectivity index (χ2n) is 6.60. The molecule has 0 bridgehead atoms. The highest BCUT2D eigenvalue weighted by atomic mass is 32.2. The van der Waals surface area contributed by atoms with Crippen molar-refractivity contribution in [1.29, 1.82) is 0 Å². The van der Waals surface area contributed by atoms with E-state index in [1.54, 1.807) is 24.3 Å². The van der Waals surface area contributed by atoms with E-state index in [4.69, 9.17) is 4.42 Å². The van der Waals surface area contributed by atoms with Gasteiger partial charge in [-0.1, -0.05) is 66.4 Å². The summed E-state index contributed by atoms with van der Waals surface area (Å²) in [6.07, 6.45) is 1.61. The molecule has 2 heterocycles. The predicted octanol–water partition coefficient (Wildman–Crippen LogP) is 2.89. The van der Waals surface area contributed by atoms with Crippen molar-refractivity contribution in [3.8, 4) is 11.6 Å². The van der Waals surface area contributed by atoms with Crippen LogP contribution in [0.2, 0.25) is 0 Å². The zero-order valence-electron chi connectivity index (χ0n) is 16.5. The summed E-state index contributed by atoms with van der Waals surface area (Å²) in [6.45, 7) is 4.27. The molecule has 4 aromatic rings. The maximum absolute atomic E-state index is 13.0. The van der Waals surface area contributed by atoms with E-state index in [0.29, 0.717) is 29.6 Å². The normalized spacial score (nSPS) is 10.8. The Kier molecular flexibility index (Phi) is 6.23. The minimum absolute atomic E-state index is 0.136. The molecule has 9 heteroatoms. The molecule has 0 fully saturated rings. The Morgan fingerprint density at radius 3 is 2.61 bits per heavy atom. The summed E-state index contributed by atoms with van der Waals surface area (Å²) in [5.41, 5.74) is 1.17. The largest absolute Gasteiger partial charge is 0.409 e. The Labute approximate surface area is 182 Å². The van der Waals surface area contributed by atoms with Crippen LogP contribution >= 0.6 is 11.8 Å². The number of carbonyl (C=O) groups excluding carboxylic acids is 1. The lowest BCUT2D eigenvalue weighted by Crippen LogP contribution is -2.24. The number of hydrogen-bond acceptors (Lipinski definition) is 7. The maximum atomic E-state index is 13.0. The predicted molar refractivity (Wildman–Crippen MR) is 119 cm³/mol. The molecule has 2 aromatic heterocycles. The van der Waals surface area contributed by atoms with Crippen molar-refractivity contribution in [2.45, 2.75) is 11.8 Å². The topological polar surface area (TPSA) is 103 Å². The molecule has 0 spiro atoms. The Morgan fingerprint density at radius 2 is 1.84 bits per heavy atom. The van der Waals surface area contributed by atoms with Crippen molar-refractivity contribution in [2.75, 3.05) is 12.3 Å². The smallest absolute Gasteiger partial charge is 0.277 e. The first-order valence-corrected chi connectivity index (χ1v) is 10.5. The molecule has 4 rings (SSSR count). The summed E-state index contributed by atoms with van der Waals surface area (Å²) in [7, 11) is 0. The number of amides is 1. The number of aromatic nitrogens is 4. The number of nitrogens with zero attached hydrogens (tertiary/aromatic N) is 4. The van der Waals surface area contributed by atoms with Gasteiger partial charge >= 0.3 is 0 Å². The number of benzene rings is 2. The van der Waals surface area contributed by atoms with E-state index in [9.17, 15) is 9.59 Å². The van der Waals surface area contributed by atoms with E-state index in [1.807, 2.05) is 36.4 Å². The van der Waals surface area contributed by atoms with E-state index in [-0.39, 0.29) is 28.3 Å². The fraction of sp³-hybridized carbons (Fsp3) is 0.136. The standard InChI is InChI=1S/C22H19N5O3S/c1-2-12-23-18(28)14-31-22-25-24-20(30-22)19-16-10-6-7-11-17(16)21(29)27(26-19)13-15-8-4-3-5-9-15/h2-11H,1,12-14H2,(H,23,28). The first-order valence-electron chi connectivity index (χ1n) is 9.54. The minimum Gasteiger partial charge on any atom is -0.409 e. The highest BCUT2D eigenvalue weighted by Gasteiger charge is 2.18. The van der Waals surface area contributed by atoms with Gasteiger partial charge in [-0.25, -0.2) is 4.68 Å².